The standard InChI is InChI=1S/C12H11F2N3O/c1-18-10-5-9(16-6-17-10)12(15)7-3-2-4-8(13)11(7)14/h2-6,12H,15H2,1H3. The summed E-state index contributed by atoms with van der Waals surface area (Å²) in [6.07, 6.45) is 1.26. The normalized spacial score (nSPS) is 12.2. The highest BCUT2D eigenvalue weighted by molar-refractivity contribution is 5.30. The molecule has 94 valence electrons. The van der Waals surface area contributed by atoms with Crippen LogP contribution >= 0.6 is 0 Å². The molecule has 18 heavy (non-hydrogen) atoms. The molecule has 0 aliphatic heterocycles. The lowest BCUT2D eigenvalue weighted by Gasteiger charge is -2.13. The molecule has 1 unspecified atom stereocenters. The third-order valence-corrected chi connectivity index (χ3v) is 2.51. The summed E-state index contributed by atoms with van der Waals surface area (Å²) < 4.78 is 31.6. The van der Waals surface area contributed by atoms with Crippen molar-refractivity contribution in [2.75, 3.05) is 7.11 Å². The van der Waals surface area contributed by atoms with Gasteiger partial charge in [-0.3, -0.25) is 0 Å². The van der Waals surface area contributed by atoms with E-state index in [1.54, 1.807) is 0 Å². The Morgan fingerprint density at radius 2 is 2.06 bits per heavy atom. The van der Waals surface area contributed by atoms with E-state index in [2.05, 4.69) is 9.97 Å². The van der Waals surface area contributed by atoms with Gasteiger partial charge in [-0.15, -0.1) is 0 Å². The average Bonchev–Trinajstić information content (AvgIpc) is 2.41. The van der Waals surface area contributed by atoms with E-state index in [-0.39, 0.29) is 5.56 Å². The Bertz CT molecular complexity index is 563. The molecule has 2 rings (SSSR count). The molecule has 6 heteroatoms. The minimum atomic E-state index is -0.970. The highest BCUT2D eigenvalue weighted by Gasteiger charge is 2.18. The van der Waals surface area contributed by atoms with E-state index >= 15 is 0 Å². The van der Waals surface area contributed by atoms with Crippen molar-refractivity contribution < 1.29 is 13.5 Å². The lowest BCUT2D eigenvalue weighted by Crippen LogP contribution is -2.16. The van der Waals surface area contributed by atoms with Crippen molar-refractivity contribution in [3.05, 3.63) is 53.5 Å². The molecule has 0 spiro atoms. The molecule has 0 fully saturated rings. The molecule has 1 heterocycles. The maximum absolute atomic E-state index is 13.6. The Labute approximate surface area is 102 Å². The van der Waals surface area contributed by atoms with E-state index in [9.17, 15) is 8.78 Å². The fourth-order valence-electron chi connectivity index (χ4n) is 1.56. The maximum atomic E-state index is 13.6. The van der Waals surface area contributed by atoms with Crippen molar-refractivity contribution in [3.8, 4) is 5.88 Å². The molecule has 0 amide bonds. The van der Waals surface area contributed by atoms with Gasteiger partial charge in [0.25, 0.3) is 0 Å². The summed E-state index contributed by atoms with van der Waals surface area (Å²) >= 11 is 0. The number of hydrogen-bond acceptors (Lipinski definition) is 4. The zero-order valence-electron chi connectivity index (χ0n) is 9.60. The van der Waals surface area contributed by atoms with E-state index < -0.39 is 17.7 Å². The lowest BCUT2D eigenvalue weighted by atomic mass is 10.0. The fourth-order valence-corrected chi connectivity index (χ4v) is 1.56. The number of nitrogens with zero attached hydrogens (tertiary/aromatic N) is 2. The Hall–Kier alpha value is -2.08. The highest BCUT2D eigenvalue weighted by Crippen LogP contribution is 2.23. The molecule has 0 bridgehead atoms. The van der Waals surface area contributed by atoms with Gasteiger partial charge in [-0.2, -0.15) is 0 Å². The van der Waals surface area contributed by atoms with Gasteiger partial charge in [-0.1, -0.05) is 12.1 Å². The molecule has 0 saturated heterocycles. The first-order valence-corrected chi connectivity index (χ1v) is 5.19. The molecular weight excluding hydrogens is 240 g/mol. The smallest absolute Gasteiger partial charge is 0.216 e. The predicted octanol–water partition coefficient (Wildman–Crippen LogP) is 1.81. The number of nitrogens with two attached hydrogens (primary N) is 1. The maximum Gasteiger partial charge on any atom is 0.216 e. The summed E-state index contributed by atoms with van der Waals surface area (Å²) in [5, 5.41) is 0. The minimum Gasteiger partial charge on any atom is -0.481 e. The molecule has 2 aromatic rings. The van der Waals surface area contributed by atoms with Crippen LogP contribution in [-0.4, -0.2) is 17.1 Å². The van der Waals surface area contributed by atoms with Gasteiger partial charge in [0.2, 0.25) is 5.88 Å². The third-order valence-electron chi connectivity index (χ3n) is 2.51. The minimum absolute atomic E-state index is 0.0377. The van der Waals surface area contributed by atoms with Crippen molar-refractivity contribution in [1.82, 2.24) is 9.97 Å². The molecule has 0 aliphatic carbocycles. The molecule has 0 saturated carbocycles. The molecule has 4 nitrogen and oxygen atoms in total. The van der Waals surface area contributed by atoms with Crippen LogP contribution in [0.4, 0.5) is 8.78 Å². The number of halogens is 2. The van der Waals surface area contributed by atoms with Crippen LogP contribution in [0.1, 0.15) is 17.3 Å². The molecule has 2 N–H and O–H groups in total. The Kier molecular flexibility index (Phi) is 3.47. The van der Waals surface area contributed by atoms with Gasteiger partial charge in [-0.05, 0) is 6.07 Å². The molecular formula is C12H11F2N3O. The van der Waals surface area contributed by atoms with Gasteiger partial charge >= 0.3 is 0 Å². The van der Waals surface area contributed by atoms with Crippen molar-refractivity contribution in [1.29, 1.82) is 0 Å². The van der Waals surface area contributed by atoms with E-state index in [4.69, 9.17) is 10.5 Å². The molecule has 1 aromatic carbocycles. The first-order valence-electron chi connectivity index (χ1n) is 5.19. The number of aromatic nitrogens is 2. The van der Waals surface area contributed by atoms with Crippen molar-refractivity contribution in [2.45, 2.75) is 6.04 Å². The second-order valence-electron chi connectivity index (χ2n) is 3.61. The largest absolute Gasteiger partial charge is 0.481 e. The Morgan fingerprint density at radius 1 is 1.28 bits per heavy atom. The summed E-state index contributed by atoms with van der Waals surface area (Å²) in [4.78, 5) is 7.75. The summed E-state index contributed by atoms with van der Waals surface area (Å²) in [6, 6.07) is 4.45. The number of ether oxygens (including phenoxy) is 1. The molecule has 1 atom stereocenters. The van der Waals surface area contributed by atoms with Crippen LogP contribution in [-0.2, 0) is 0 Å². The lowest BCUT2D eigenvalue weighted by molar-refractivity contribution is 0.395. The van der Waals surface area contributed by atoms with Crippen LogP contribution in [0, 0.1) is 11.6 Å². The van der Waals surface area contributed by atoms with E-state index in [0.29, 0.717) is 11.6 Å². The summed E-state index contributed by atoms with van der Waals surface area (Å²) in [5.41, 5.74) is 6.25. The SMILES string of the molecule is COc1cc(C(N)c2cccc(F)c2F)ncn1. The first-order chi connectivity index (χ1) is 8.63. The van der Waals surface area contributed by atoms with Crippen molar-refractivity contribution in [3.63, 3.8) is 0 Å². The highest BCUT2D eigenvalue weighted by atomic mass is 19.2. The molecule has 0 radical (unpaired) electrons. The van der Waals surface area contributed by atoms with Crippen LogP contribution in [0.5, 0.6) is 5.88 Å². The monoisotopic (exact) mass is 251 g/mol. The van der Waals surface area contributed by atoms with Crippen molar-refractivity contribution in [2.24, 2.45) is 5.73 Å². The van der Waals surface area contributed by atoms with Crippen LogP contribution < -0.4 is 10.5 Å². The third kappa shape index (κ3) is 2.28. The number of methoxy groups -OCH3 is 1. The summed E-state index contributed by atoms with van der Waals surface area (Å²) in [5.74, 6) is -1.60. The Balaban J connectivity index is 2.41. The van der Waals surface area contributed by atoms with E-state index in [1.165, 1.54) is 31.6 Å². The van der Waals surface area contributed by atoms with Gasteiger partial charge in [-0.25, -0.2) is 18.7 Å². The summed E-state index contributed by atoms with van der Waals surface area (Å²) in [7, 11) is 1.44. The van der Waals surface area contributed by atoms with E-state index in [0.717, 1.165) is 6.07 Å². The second kappa shape index (κ2) is 5.05. The predicted molar refractivity (Wildman–Crippen MR) is 61.0 cm³/mol. The van der Waals surface area contributed by atoms with Crippen LogP contribution in [0.15, 0.2) is 30.6 Å². The Morgan fingerprint density at radius 3 is 2.78 bits per heavy atom. The van der Waals surface area contributed by atoms with Crippen LogP contribution in [0.2, 0.25) is 0 Å². The van der Waals surface area contributed by atoms with Crippen LogP contribution in [0.25, 0.3) is 0 Å². The topological polar surface area (TPSA) is 61.0 Å². The molecule has 0 aliphatic rings. The zero-order chi connectivity index (χ0) is 13.1. The number of hydrogen-bond donors (Lipinski definition) is 1. The van der Waals surface area contributed by atoms with Gasteiger partial charge < -0.3 is 10.5 Å². The van der Waals surface area contributed by atoms with Gasteiger partial charge in [0.15, 0.2) is 11.6 Å². The average molecular weight is 251 g/mol. The van der Waals surface area contributed by atoms with Crippen molar-refractivity contribution >= 4 is 0 Å². The number of rotatable bonds is 3. The quantitative estimate of drug-likeness (QED) is 0.903. The second-order valence-corrected chi connectivity index (χ2v) is 3.61. The number of benzene rings is 1. The zero-order valence-corrected chi connectivity index (χ0v) is 9.60. The van der Waals surface area contributed by atoms with Gasteiger partial charge in [0.1, 0.15) is 6.33 Å². The van der Waals surface area contributed by atoms with Crippen LogP contribution in [0.3, 0.4) is 0 Å². The molecule has 1 aromatic heterocycles. The van der Waals surface area contributed by atoms with Gasteiger partial charge in [0.05, 0.1) is 18.8 Å². The van der Waals surface area contributed by atoms with Gasteiger partial charge in [0, 0.05) is 11.6 Å². The summed E-state index contributed by atoms with van der Waals surface area (Å²) in [6.45, 7) is 0. The van der Waals surface area contributed by atoms with E-state index in [1.807, 2.05) is 0 Å². The first kappa shape index (κ1) is 12.4. The fraction of sp³-hybridized carbons (Fsp3) is 0.167.